The van der Waals surface area contributed by atoms with Gasteiger partial charge in [0.25, 0.3) is 0 Å². The van der Waals surface area contributed by atoms with E-state index in [1.807, 2.05) is 43.7 Å². The average Bonchev–Trinajstić information content (AvgIpc) is 2.91. The van der Waals surface area contributed by atoms with Crippen LogP contribution in [0.15, 0.2) is 35.2 Å². The van der Waals surface area contributed by atoms with E-state index >= 15 is 0 Å². The number of hydrogen-bond donors (Lipinski definition) is 1. The third-order valence-corrected chi connectivity index (χ3v) is 3.62. The summed E-state index contributed by atoms with van der Waals surface area (Å²) in [6.07, 6.45) is 0.386. The lowest BCUT2D eigenvalue weighted by Gasteiger charge is -2.19. The van der Waals surface area contributed by atoms with Crippen LogP contribution in [0.3, 0.4) is 0 Å². The second-order valence-electron chi connectivity index (χ2n) is 4.35. The number of rotatable bonds is 5. The molecule has 0 amide bonds. The second kappa shape index (κ2) is 5.98. The molecule has 18 heavy (non-hydrogen) atoms. The summed E-state index contributed by atoms with van der Waals surface area (Å²) < 4.78 is 0. The van der Waals surface area contributed by atoms with E-state index in [2.05, 4.69) is 15.3 Å². The zero-order valence-corrected chi connectivity index (χ0v) is 11.5. The van der Waals surface area contributed by atoms with E-state index in [4.69, 9.17) is 0 Å². The predicted octanol–water partition coefficient (Wildman–Crippen LogP) is 3.22. The Morgan fingerprint density at radius 3 is 2.61 bits per heavy atom. The number of aliphatic hydroxyl groups is 1. The summed E-state index contributed by atoms with van der Waals surface area (Å²) in [6, 6.07) is 8.06. The summed E-state index contributed by atoms with van der Waals surface area (Å²) in [7, 11) is 2.05. The minimum atomic E-state index is -0.358. The number of hydrogen-bond acceptors (Lipinski definition) is 4. The molecule has 1 atom stereocenters. The Morgan fingerprint density at radius 2 is 2.06 bits per heavy atom. The molecular formula is C14H18N2OS. The van der Waals surface area contributed by atoms with Crippen molar-refractivity contribution in [3.63, 3.8) is 0 Å². The molecule has 0 fully saturated rings. The minimum absolute atomic E-state index is 0.358. The first kappa shape index (κ1) is 13.1. The average molecular weight is 262 g/mol. The summed E-state index contributed by atoms with van der Waals surface area (Å²) in [4.78, 5) is 6.43. The Morgan fingerprint density at radius 1 is 1.33 bits per heavy atom. The lowest BCUT2D eigenvalue weighted by Crippen LogP contribution is -2.16. The molecule has 0 saturated heterocycles. The largest absolute Gasteiger partial charge is 0.388 e. The van der Waals surface area contributed by atoms with Crippen LogP contribution in [-0.4, -0.2) is 17.1 Å². The van der Waals surface area contributed by atoms with Crippen LogP contribution in [0.25, 0.3) is 0 Å². The normalized spacial score (nSPS) is 12.4. The highest BCUT2D eigenvalue weighted by Gasteiger charge is 2.07. The van der Waals surface area contributed by atoms with Crippen molar-refractivity contribution in [3.05, 3.63) is 46.4 Å². The zero-order chi connectivity index (χ0) is 13.0. The van der Waals surface area contributed by atoms with Gasteiger partial charge in [0.05, 0.1) is 23.9 Å². The number of anilines is 1. The van der Waals surface area contributed by atoms with Gasteiger partial charge in [0.2, 0.25) is 0 Å². The molecular weight excluding hydrogens is 244 g/mol. The molecule has 0 aliphatic rings. The molecule has 96 valence electrons. The van der Waals surface area contributed by atoms with Gasteiger partial charge in [0.1, 0.15) is 0 Å². The molecule has 0 spiro atoms. The van der Waals surface area contributed by atoms with Crippen molar-refractivity contribution in [2.45, 2.75) is 26.0 Å². The van der Waals surface area contributed by atoms with Crippen molar-refractivity contribution in [1.29, 1.82) is 0 Å². The van der Waals surface area contributed by atoms with E-state index in [0.717, 1.165) is 29.9 Å². The van der Waals surface area contributed by atoms with E-state index in [9.17, 15) is 5.11 Å². The van der Waals surface area contributed by atoms with Gasteiger partial charge in [-0.3, -0.25) is 0 Å². The van der Waals surface area contributed by atoms with Gasteiger partial charge in [-0.05, 0) is 24.1 Å². The summed E-state index contributed by atoms with van der Waals surface area (Å²) in [5, 5.41) is 11.8. The van der Waals surface area contributed by atoms with Crippen molar-refractivity contribution < 1.29 is 5.11 Å². The second-order valence-corrected chi connectivity index (χ2v) is 5.07. The molecule has 1 aromatic heterocycles. The lowest BCUT2D eigenvalue weighted by molar-refractivity contribution is 0.173. The van der Waals surface area contributed by atoms with Gasteiger partial charge in [-0.25, -0.2) is 4.98 Å². The molecule has 1 heterocycles. The van der Waals surface area contributed by atoms with Gasteiger partial charge in [0.15, 0.2) is 0 Å². The lowest BCUT2D eigenvalue weighted by atomic mass is 10.1. The molecule has 3 nitrogen and oxygen atoms in total. The van der Waals surface area contributed by atoms with Crippen molar-refractivity contribution in [3.8, 4) is 0 Å². The molecule has 1 unspecified atom stereocenters. The van der Waals surface area contributed by atoms with Crippen LogP contribution in [0.1, 0.15) is 30.7 Å². The Hall–Kier alpha value is -1.39. The molecule has 1 aromatic carbocycles. The summed E-state index contributed by atoms with van der Waals surface area (Å²) in [5.74, 6) is 0. The summed E-state index contributed by atoms with van der Waals surface area (Å²) >= 11 is 1.62. The van der Waals surface area contributed by atoms with Gasteiger partial charge in [-0.2, -0.15) is 0 Å². The Balaban J connectivity index is 2.04. The van der Waals surface area contributed by atoms with Crippen LogP contribution >= 0.6 is 11.3 Å². The number of aliphatic hydroxyl groups excluding tert-OH is 1. The number of aromatic nitrogens is 1. The van der Waals surface area contributed by atoms with Crippen molar-refractivity contribution >= 4 is 17.0 Å². The van der Waals surface area contributed by atoms with Gasteiger partial charge in [-0.15, -0.1) is 11.3 Å². The van der Waals surface area contributed by atoms with Crippen LogP contribution < -0.4 is 4.90 Å². The smallest absolute Gasteiger partial charge is 0.0795 e. The van der Waals surface area contributed by atoms with E-state index in [0.29, 0.717) is 0 Å². The standard InChI is InChI=1S/C14H18N2OS/c1-3-14(17)11-4-6-13(7-5-11)16(2)8-12-9-18-10-15-12/h4-7,9-10,14,17H,3,8H2,1-2H3. The maximum atomic E-state index is 9.74. The first-order valence-corrected chi connectivity index (χ1v) is 7.01. The first-order chi connectivity index (χ1) is 8.70. The number of nitrogens with zero attached hydrogens (tertiary/aromatic N) is 2. The fourth-order valence-electron chi connectivity index (χ4n) is 1.84. The molecule has 2 aromatic rings. The molecule has 1 N–H and O–H groups in total. The Bertz CT molecular complexity index is 467. The molecule has 0 saturated carbocycles. The SMILES string of the molecule is CCC(O)c1ccc(N(C)Cc2cscn2)cc1. The molecule has 2 rings (SSSR count). The van der Waals surface area contributed by atoms with E-state index in [1.165, 1.54) is 0 Å². The minimum Gasteiger partial charge on any atom is -0.388 e. The maximum Gasteiger partial charge on any atom is 0.0795 e. The number of benzene rings is 1. The third-order valence-electron chi connectivity index (χ3n) is 2.99. The third kappa shape index (κ3) is 3.09. The van der Waals surface area contributed by atoms with Gasteiger partial charge < -0.3 is 10.0 Å². The number of thiazole rings is 1. The Labute approximate surface area is 112 Å². The van der Waals surface area contributed by atoms with Crippen molar-refractivity contribution in [1.82, 2.24) is 4.98 Å². The molecule has 0 radical (unpaired) electrons. The van der Waals surface area contributed by atoms with Crippen LogP contribution in [0.5, 0.6) is 0 Å². The topological polar surface area (TPSA) is 36.4 Å². The maximum absolute atomic E-state index is 9.74. The van der Waals surface area contributed by atoms with Crippen LogP contribution in [0.4, 0.5) is 5.69 Å². The molecule has 0 aliphatic heterocycles. The van der Waals surface area contributed by atoms with Gasteiger partial charge in [0, 0.05) is 18.1 Å². The molecule has 4 heteroatoms. The fourth-order valence-corrected chi connectivity index (χ4v) is 2.39. The van der Waals surface area contributed by atoms with Crippen LogP contribution in [-0.2, 0) is 6.54 Å². The Kier molecular flexibility index (Phi) is 4.33. The van der Waals surface area contributed by atoms with E-state index in [1.54, 1.807) is 11.3 Å². The van der Waals surface area contributed by atoms with Gasteiger partial charge in [-0.1, -0.05) is 19.1 Å². The van der Waals surface area contributed by atoms with E-state index in [-0.39, 0.29) is 6.10 Å². The van der Waals surface area contributed by atoms with Crippen LogP contribution in [0, 0.1) is 0 Å². The van der Waals surface area contributed by atoms with Crippen molar-refractivity contribution in [2.24, 2.45) is 0 Å². The monoisotopic (exact) mass is 262 g/mol. The predicted molar refractivity (Wildman–Crippen MR) is 75.9 cm³/mol. The summed E-state index contributed by atoms with van der Waals surface area (Å²) in [6.45, 7) is 2.78. The highest BCUT2D eigenvalue weighted by molar-refractivity contribution is 7.07. The summed E-state index contributed by atoms with van der Waals surface area (Å²) in [5.41, 5.74) is 5.04. The quantitative estimate of drug-likeness (QED) is 0.898. The van der Waals surface area contributed by atoms with Gasteiger partial charge >= 0.3 is 0 Å². The highest BCUT2D eigenvalue weighted by atomic mass is 32.1. The highest BCUT2D eigenvalue weighted by Crippen LogP contribution is 2.21. The molecule has 0 bridgehead atoms. The first-order valence-electron chi connectivity index (χ1n) is 6.07. The zero-order valence-electron chi connectivity index (χ0n) is 10.7. The van der Waals surface area contributed by atoms with Crippen LogP contribution in [0.2, 0.25) is 0 Å². The van der Waals surface area contributed by atoms with E-state index < -0.39 is 0 Å². The molecule has 0 aliphatic carbocycles. The fraction of sp³-hybridized carbons (Fsp3) is 0.357. The van der Waals surface area contributed by atoms with Crippen molar-refractivity contribution in [2.75, 3.05) is 11.9 Å².